The average Bonchev–Trinajstić information content (AvgIpc) is 2.45. The van der Waals surface area contributed by atoms with Gasteiger partial charge in [-0.1, -0.05) is 0 Å². The van der Waals surface area contributed by atoms with Gasteiger partial charge >= 0.3 is 0 Å². The monoisotopic (exact) mass is 315 g/mol. The quantitative estimate of drug-likeness (QED) is 0.842. The molecule has 7 heteroatoms. The van der Waals surface area contributed by atoms with E-state index in [-0.39, 0.29) is 17.1 Å². The Balaban J connectivity index is 2.43. The van der Waals surface area contributed by atoms with Crippen LogP contribution < -0.4 is 9.47 Å². The number of rotatable bonds is 4. The maximum atomic E-state index is 12.9. The highest BCUT2D eigenvalue weighted by Gasteiger charge is 2.34. The fraction of sp³-hybridized carbons (Fsp3) is 0.571. The number of benzene rings is 1. The lowest BCUT2D eigenvalue weighted by Crippen LogP contribution is -2.48. The van der Waals surface area contributed by atoms with Crippen molar-refractivity contribution in [1.82, 2.24) is 4.31 Å². The van der Waals surface area contributed by atoms with E-state index in [1.54, 1.807) is 12.1 Å². The Morgan fingerprint density at radius 1 is 1.14 bits per heavy atom. The van der Waals surface area contributed by atoms with E-state index in [1.807, 2.05) is 13.8 Å². The van der Waals surface area contributed by atoms with Gasteiger partial charge in [0.1, 0.15) is 16.4 Å². The number of nitrogens with zero attached hydrogens (tertiary/aromatic N) is 1. The Morgan fingerprint density at radius 3 is 2.29 bits per heavy atom. The molecule has 1 fully saturated rings. The van der Waals surface area contributed by atoms with Crippen molar-refractivity contribution in [2.45, 2.75) is 31.0 Å². The topological polar surface area (TPSA) is 65.1 Å². The summed E-state index contributed by atoms with van der Waals surface area (Å²) in [6.45, 7) is 4.38. The van der Waals surface area contributed by atoms with Crippen LogP contribution in [0.5, 0.6) is 11.5 Å². The van der Waals surface area contributed by atoms with Gasteiger partial charge in [-0.25, -0.2) is 8.42 Å². The number of sulfonamides is 1. The third-order valence-corrected chi connectivity index (χ3v) is 5.23. The van der Waals surface area contributed by atoms with Gasteiger partial charge in [-0.2, -0.15) is 4.31 Å². The Kier molecular flexibility index (Phi) is 4.75. The van der Waals surface area contributed by atoms with Crippen molar-refractivity contribution >= 4 is 10.0 Å². The van der Waals surface area contributed by atoms with Gasteiger partial charge in [-0.3, -0.25) is 0 Å². The van der Waals surface area contributed by atoms with Crippen molar-refractivity contribution in [1.29, 1.82) is 0 Å². The molecule has 118 valence electrons. The number of methoxy groups -OCH3 is 2. The van der Waals surface area contributed by atoms with Crippen LogP contribution in [0.15, 0.2) is 23.1 Å². The predicted octanol–water partition coefficient (Wildman–Crippen LogP) is 1.50. The summed E-state index contributed by atoms with van der Waals surface area (Å²) in [4.78, 5) is 0.116. The van der Waals surface area contributed by atoms with Crippen molar-refractivity contribution in [3.05, 3.63) is 18.2 Å². The Labute approximate surface area is 125 Å². The molecule has 1 aliphatic heterocycles. The summed E-state index contributed by atoms with van der Waals surface area (Å²) in [5, 5.41) is 0. The Morgan fingerprint density at radius 2 is 1.76 bits per heavy atom. The van der Waals surface area contributed by atoms with E-state index in [4.69, 9.17) is 14.2 Å². The fourth-order valence-corrected chi connectivity index (χ4v) is 4.21. The molecule has 1 saturated heterocycles. The van der Waals surface area contributed by atoms with E-state index in [2.05, 4.69) is 0 Å². The molecule has 0 aliphatic carbocycles. The first kappa shape index (κ1) is 16.1. The highest BCUT2D eigenvalue weighted by Crippen LogP contribution is 2.31. The highest BCUT2D eigenvalue weighted by atomic mass is 32.2. The van der Waals surface area contributed by atoms with E-state index in [9.17, 15) is 8.42 Å². The minimum Gasteiger partial charge on any atom is -0.497 e. The van der Waals surface area contributed by atoms with E-state index < -0.39 is 10.0 Å². The van der Waals surface area contributed by atoms with Gasteiger partial charge in [0.25, 0.3) is 0 Å². The van der Waals surface area contributed by atoms with Crippen molar-refractivity contribution in [2.24, 2.45) is 0 Å². The summed E-state index contributed by atoms with van der Waals surface area (Å²) in [5.41, 5.74) is 0. The first-order valence-electron chi connectivity index (χ1n) is 6.76. The minimum absolute atomic E-state index is 0.116. The Bertz CT molecular complexity index is 591. The molecule has 2 rings (SSSR count). The lowest BCUT2D eigenvalue weighted by atomic mass is 10.3. The number of hydrogen-bond acceptors (Lipinski definition) is 5. The van der Waals surface area contributed by atoms with E-state index in [1.165, 1.54) is 24.6 Å². The van der Waals surface area contributed by atoms with Crippen LogP contribution in [0.25, 0.3) is 0 Å². The van der Waals surface area contributed by atoms with E-state index in [0.717, 1.165) is 0 Å². The summed E-state index contributed by atoms with van der Waals surface area (Å²) in [7, 11) is -0.708. The van der Waals surface area contributed by atoms with Gasteiger partial charge < -0.3 is 14.2 Å². The first-order valence-corrected chi connectivity index (χ1v) is 8.20. The van der Waals surface area contributed by atoms with E-state index in [0.29, 0.717) is 24.6 Å². The maximum absolute atomic E-state index is 12.9. The van der Waals surface area contributed by atoms with Crippen LogP contribution in [0, 0.1) is 0 Å². The van der Waals surface area contributed by atoms with Gasteiger partial charge in [-0.15, -0.1) is 0 Å². The van der Waals surface area contributed by atoms with Crippen LogP contribution in [0.1, 0.15) is 13.8 Å². The molecule has 6 nitrogen and oxygen atoms in total. The molecule has 0 amide bonds. The molecule has 0 saturated carbocycles. The predicted molar refractivity (Wildman–Crippen MR) is 78.3 cm³/mol. The minimum atomic E-state index is -3.65. The van der Waals surface area contributed by atoms with Crippen molar-refractivity contribution in [3.63, 3.8) is 0 Å². The molecule has 1 heterocycles. The van der Waals surface area contributed by atoms with Crippen LogP contribution >= 0.6 is 0 Å². The SMILES string of the molecule is COc1ccc(OC)c(S(=O)(=O)N2CC(C)OC(C)C2)c1. The molecule has 21 heavy (non-hydrogen) atoms. The lowest BCUT2D eigenvalue weighted by Gasteiger charge is -2.34. The highest BCUT2D eigenvalue weighted by molar-refractivity contribution is 7.89. The van der Waals surface area contributed by atoms with Crippen LogP contribution in [0.3, 0.4) is 0 Å². The molecule has 0 aromatic heterocycles. The summed E-state index contributed by atoms with van der Waals surface area (Å²) >= 11 is 0. The first-order chi connectivity index (χ1) is 9.88. The van der Waals surface area contributed by atoms with Crippen LogP contribution in [-0.4, -0.2) is 52.2 Å². The van der Waals surface area contributed by atoms with Gasteiger partial charge in [-0.05, 0) is 26.0 Å². The van der Waals surface area contributed by atoms with Crippen LogP contribution in [0.2, 0.25) is 0 Å². The number of hydrogen-bond donors (Lipinski definition) is 0. The normalized spacial score (nSPS) is 23.8. The van der Waals surface area contributed by atoms with Crippen molar-refractivity contribution in [3.8, 4) is 11.5 Å². The third kappa shape index (κ3) is 3.30. The van der Waals surface area contributed by atoms with Crippen LogP contribution in [-0.2, 0) is 14.8 Å². The van der Waals surface area contributed by atoms with Gasteiger partial charge in [0.15, 0.2) is 0 Å². The number of morpholine rings is 1. The zero-order chi connectivity index (χ0) is 15.6. The summed E-state index contributed by atoms with van der Waals surface area (Å²) in [6, 6.07) is 4.75. The maximum Gasteiger partial charge on any atom is 0.247 e. The zero-order valence-electron chi connectivity index (χ0n) is 12.7. The van der Waals surface area contributed by atoms with Crippen molar-refractivity contribution in [2.75, 3.05) is 27.3 Å². The molecule has 1 aromatic rings. The summed E-state index contributed by atoms with van der Waals surface area (Å²) in [5.74, 6) is 0.784. The number of ether oxygens (including phenoxy) is 3. The molecular weight excluding hydrogens is 294 g/mol. The van der Waals surface area contributed by atoms with Crippen molar-refractivity contribution < 1.29 is 22.6 Å². The molecule has 0 N–H and O–H groups in total. The van der Waals surface area contributed by atoms with Gasteiger partial charge in [0, 0.05) is 19.2 Å². The fourth-order valence-electron chi connectivity index (χ4n) is 2.45. The summed E-state index contributed by atoms with van der Waals surface area (Å²) in [6.07, 6.45) is -0.278. The largest absolute Gasteiger partial charge is 0.497 e. The molecule has 1 aliphatic rings. The zero-order valence-corrected chi connectivity index (χ0v) is 13.5. The average molecular weight is 315 g/mol. The lowest BCUT2D eigenvalue weighted by molar-refractivity contribution is -0.0441. The third-order valence-electron chi connectivity index (χ3n) is 3.37. The van der Waals surface area contributed by atoms with E-state index >= 15 is 0 Å². The second-order valence-electron chi connectivity index (χ2n) is 5.10. The molecule has 0 bridgehead atoms. The molecule has 1 aromatic carbocycles. The molecule has 2 atom stereocenters. The standard InChI is InChI=1S/C14H21NO5S/c1-10-8-15(9-11(2)20-10)21(16,17)14-7-12(18-3)5-6-13(14)19-4/h5-7,10-11H,8-9H2,1-4H3. The van der Waals surface area contributed by atoms with Crippen LogP contribution in [0.4, 0.5) is 0 Å². The molecule has 2 unspecified atom stereocenters. The second-order valence-corrected chi connectivity index (χ2v) is 7.00. The summed E-state index contributed by atoms with van der Waals surface area (Å²) < 4.78 is 43.0. The molecule has 0 spiro atoms. The van der Waals surface area contributed by atoms with Gasteiger partial charge in [0.2, 0.25) is 10.0 Å². The molecule has 0 radical (unpaired) electrons. The van der Waals surface area contributed by atoms with Gasteiger partial charge in [0.05, 0.1) is 26.4 Å². The Hall–Kier alpha value is -1.31. The molecular formula is C14H21NO5S. The second kappa shape index (κ2) is 6.21. The smallest absolute Gasteiger partial charge is 0.247 e.